The number of anilines is 2. The minimum atomic E-state index is -4.54. The van der Waals surface area contributed by atoms with Crippen LogP contribution in [-0.4, -0.2) is 38.6 Å². The van der Waals surface area contributed by atoms with Gasteiger partial charge in [-0.2, -0.15) is 18.4 Å². The van der Waals surface area contributed by atoms with Gasteiger partial charge in [-0.3, -0.25) is 9.78 Å². The predicted molar refractivity (Wildman–Crippen MR) is 153 cm³/mol. The first-order valence-electron chi connectivity index (χ1n) is 13.2. The highest BCUT2D eigenvalue weighted by Crippen LogP contribution is 2.55. The summed E-state index contributed by atoms with van der Waals surface area (Å²) in [6.45, 7) is 6.61. The lowest BCUT2D eigenvalue weighted by Crippen LogP contribution is -2.35. The van der Waals surface area contributed by atoms with Gasteiger partial charge in [0.2, 0.25) is 0 Å². The molecule has 14 heteroatoms. The van der Waals surface area contributed by atoms with Crippen molar-refractivity contribution < 1.29 is 22.4 Å². The van der Waals surface area contributed by atoms with Gasteiger partial charge in [-0.1, -0.05) is 43.7 Å². The van der Waals surface area contributed by atoms with Crippen LogP contribution in [0.2, 0.25) is 5.02 Å². The van der Waals surface area contributed by atoms with E-state index in [4.69, 9.17) is 17.3 Å². The number of hydrogen-bond acceptors (Lipinski definition) is 7. The number of rotatable bonds is 8. The van der Waals surface area contributed by atoms with Crippen LogP contribution >= 0.6 is 11.6 Å². The molecule has 0 bridgehead atoms. The molecule has 0 aliphatic heterocycles. The van der Waals surface area contributed by atoms with Crippen LogP contribution in [0.3, 0.4) is 0 Å². The van der Waals surface area contributed by atoms with Crippen molar-refractivity contribution in [2.24, 2.45) is 11.1 Å². The Morgan fingerprint density at radius 3 is 2.56 bits per heavy atom. The number of halogens is 5. The molecule has 5 rings (SSSR count). The second-order valence-corrected chi connectivity index (χ2v) is 12.1. The lowest BCUT2D eigenvalue weighted by Gasteiger charge is -2.23. The van der Waals surface area contributed by atoms with Gasteiger partial charge in [-0.25, -0.2) is 9.07 Å². The Bertz CT molecular complexity index is 1770. The molecule has 1 atom stereocenters. The van der Waals surface area contributed by atoms with Crippen LogP contribution < -0.4 is 16.4 Å². The number of pyridine rings is 1. The van der Waals surface area contributed by atoms with Crippen molar-refractivity contribution in [3.05, 3.63) is 75.9 Å². The summed E-state index contributed by atoms with van der Waals surface area (Å²) in [5.41, 5.74) is 4.64. The van der Waals surface area contributed by atoms with E-state index in [-0.39, 0.29) is 40.1 Å². The summed E-state index contributed by atoms with van der Waals surface area (Å²) in [6.07, 6.45) is -2.22. The van der Waals surface area contributed by atoms with Gasteiger partial charge in [-0.05, 0) is 48.1 Å². The van der Waals surface area contributed by atoms with Gasteiger partial charge in [0.25, 0.3) is 5.91 Å². The SMILES string of the molecule is CC(C)(C)CNc1c(C#N)cnc2c(Cl)cc(NC(c3ccc(F)c(C(N)=O)c3)c3cn(C4(C(F)(F)F)CC4)nn3)cc12. The minimum Gasteiger partial charge on any atom is -0.383 e. The van der Waals surface area contributed by atoms with Crippen LogP contribution in [0.1, 0.15) is 66.8 Å². The Hall–Kier alpha value is -4.44. The molecule has 9 nitrogen and oxygen atoms in total. The third kappa shape index (κ3) is 5.79. The number of fused-ring (bicyclic) bond motifs is 1. The number of nitriles is 1. The van der Waals surface area contributed by atoms with E-state index in [0.717, 1.165) is 10.7 Å². The maximum absolute atomic E-state index is 14.4. The molecule has 0 spiro atoms. The summed E-state index contributed by atoms with van der Waals surface area (Å²) in [4.78, 5) is 16.3. The quantitative estimate of drug-likeness (QED) is 0.198. The van der Waals surface area contributed by atoms with Gasteiger partial charge >= 0.3 is 6.18 Å². The number of nitrogens with two attached hydrogens (primary N) is 1. The standard InChI is InChI=1S/C29H27ClF4N8O/c1-27(2,3)14-38-23-16(11-35)12-37-25-19(23)9-17(10-20(25)30)39-24(15-4-5-21(31)18(8-15)26(36)43)22-13-42(41-40-22)28(6-7-28)29(32,33)34/h4-5,8-10,12-13,24,39H,6-7,14H2,1-3H3,(H2,36,43)(H,37,38). The van der Waals surface area contributed by atoms with Gasteiger partial charge in [0.15, 0.2) is 5.54 Å². The third-order valence-electron chi connectivity index (χ3n) is 7.24. The highest BCUT2D eigenvalue weighted by Gasteiger charge is 2.66. The van der Waals surface area contributed by atoms with Gasteiger partial charge < -0.3 is 16.4 Å². The molecular weight excluding hydrogens is 588 g/mol. The van der Waals surface area contributed by atoms with Gasteiger partial charge in [-0.15, -0.1) is 5.10 Å². The molecule has 2 aromatic heterocycles. The third-order valence-corrected chi connectivity index (χ3v) is 7.53. The summed E-state index contributed by atoms with van der Waals surface area (Å²) in [5, 5.41) is 24.9. The second kappa shape index (κ2) is 10.7. The van der Waals surface area contributed by atoms with E-state index >= 15 is 0 Å². The van der Waals surface area contributed by atoms with E-state index in [1.54, 1.807) is 12.1 Å². The zero-order valence-corrected chi connectivity index (χ0v) is 24.1. The molecule has 1 amide bonds. The number of alkyl halides is 3. The smallest absolute Gasteiger partial charge is 0.383 e. The molecule has 4 N–H and O–H groups in total. The second-order valence-electron chi connectivity index (χ2n) is 11.7. The highest BCUT2D eigenvalue weighted by molar-refractivity contribution is 6.35. The maximum Gasteiger partial charge on any atom is 0.413 e. The predicted octanol–water partition coefficient (Wildman–Crippen LogP) is 6.30. The lowest BCUT2D eigenvalue weighted by atomic mass is 9.96. The fourth-order valence-corrected chi connectivity index (χ4v) is 5.02. The summed E-state index contributed by atoms with van der Waals surface area (Å²) in [6, 6.07) is 7.98. The fraction of sp³-hybridized carbons (Fsp3) is 0.345. The van der Waals surface area contributed by atoms with E-state index in [0.29, 0.717) is 28.8 Å². The van der Waals surface area contributed by atoms with Crippen LogP contribution in [0.15, 0.2) is 42.7 Å². The van der Waals surface area contributed by atoms with Crippen molar-refractivity contribution in [2.75, 3.05) is 17.2 Å². The Balaban J connectivity index is 1.63. The van der Waals surface area contributed by atoms with Crippen LogP contribution in [0.4, 0.5) is 28.9 Å². The number of hydrogen-bond donors (Lipinski definition) is 3. The molecular formula is C29H27ClF4N8O. The summed E-state index contributed by atoms with van der Waals surface area (Å²) in [7, 11) is 0. The summed E-state index contributed by atoms with van der Waals surface area (Å²) >= 11 is 6.62. The van der Waals surface area contributed by atoms with Gasteiger partial charge in [0, 0.05) is 23.8 Å². The maximum atomic E-state index is 14.4. The number of benzene rings is 2. The van der Waals surface area contributed by atoms with Crippen molar-refractivity contribution in [3.63, 3.8) is 0 Å². The molecule has 0 saturated heterocycles. The molecule has 1 aliphatic rings. The molecule has 1 unspecified atom stereocenters. The van der Waals surface area contributed by atoms with Crippen LogP contribution in [0, 0.1) is 22.6 Å². The molecule has 1 saturated carbocycles. The number of primary amides is 1. The monoisotopic (exact) mass is 614 g/mol. The summed E-state index contributed by atoms with van der Waals surface area (Å²) < 4.78 is 56.7. The number of nitrogens with one attached hydrogen (secondary N) is 2. The first kappa shape index (κ1) is 30.0. The first-order valence-corrected chi connectivity index (χ1v) is 13.6. The average Bonchev–Trinajstić information content (AvgIpc) is 3.61. The van der Waals surface area contributed by atoms with Crippen LogP contribution in [-0.2, 0) is 5.54 Å². The number of nitrogens with zero attached hydrogens (tertiary/aromatic N) is 5. The van der Waals surface area contributed by atoms with E-state index in [1.807, 2.05) is 20.8 Å². The van der Waals surface area contributed by atoms with E-state index in [1.165, 1.54) is 24.5 Å². The number of carbonyl (C=O) groups is 1. The topological polar surface area (TPSA) is 135 Å². The van der Waals surface area contributed by atoms with E-state index in [2.05, 4.69) is 32.0 Å². The zero-order valence-electron chi connectivity index (χ0n) is 23.4. The Kier molecular flexibility index (Phi) is 7.46. The molecule has 0 radical (unpaired) electrons. The zero-order chi connectivity index (χ0) is 31.3. The fourth-order valence-electron chi connectivity index (χ4n) is 4.76. The molecule has 2 aromatic carbocycles. The van der Waals surface area contributed by atoms with E-state index in [9.17, 15) is 27.6 Å². The first-order chi connectivity index (χ1) is 20.1. The minimum absolute atomic E-state index is 0.0729. The molecule has 2 heterocycles. The lowest BCUT2D eigenvalue weighted by molar-refractivity contribution is -0.182. The normalized spacial score (nSPS) is 15.1. The summed E-state index contributed by atoms with van der Waals surface area (Å²) in [5.74, 6) is -1.87. The van der Waals surface area contributed by atoms with Crippen molar-refractivity contribution in [3.8, 4) is 6.07 Å². The highest BCUT2D eigenvalue weighted by atomic mass is 35.5. The molecule has 224 valence electrons. The Labute approximate surface area is 249 Å². The van der Waals surface area contributed by atoms with Crippen molar-refractivity contribution >= 4 is 39.8 Å². The average molecular weight is 615 g/mol. The molecule has 43 heavy (non-hydrogen) atoms. The van der Waals surface area contributed by atoms with Crippen molar-refractivity contribution in [2.45, 2.75) is 51.4 Å². The van der Waals surface area contributed by atoms with E-state index < -0.39 is 35.0 Å². The number of carbonyl (C=O) groups excluding carboxylic acids is 1. The number of aromatic nitrogens is 4. The van der Waals surface area contributed by atoms with Gasteiger partial charge in [0.1, 0.15) is 17.6 Å². The Morgan fingerprint density at radius 2 is 1.95 bits per heavy atom. The van der Waals surface area contributed by atoms with Crippen LogP contribution in [0.5, 0.6) is 0 Å². The molecule has 1 fully saturated rings. The Morgan fingerprint density at radius 1 is 1.23 bits per heavy atom. The van der Waals surface area contributed by atoms with Gasteiger partial charge in [0.05, 0.1) is 39.6 Å². The largest absolute Gasteiger partial charge is 0.413 e. The molecule has 4 aromatic rings. The van der Waals surface area contributed by atoms with Crippen molar-refractivity contribution in [1.82, 2.24) is 20.0 Å². The van der Waals surface area contributed by atoms with Crippen molar-refractivity contribution in [1.29, 1.82) is 5.26 Å². The number of amides is 1. The molecule has 1 aliphatic carbocycles. The van der Waals surface area contributed by atoms with Crippen LogP contribution in [0.25, 0.3) is 10.9 Å².